The van der Waals surface area contributed by atoms with Crippen molar-refractivity contribution in [1.29, 1.82) is 0 Å². The number of hydrogen-bond donors (Lipinski definition) is 0. The topological polar surface area (TPSA) is 0 Å². The zero-order chi connectivity index (χ0) is 12.2. The van der Waals surface area contributed by atoms with Gasteiger partial charge in [-0.25, -0.2) is 8.78 Å². The number of halogens is 2. The van der Waals surface area contributed by atoms with E-state index in [1.165, 1.54) is 12.1 Å². The molecule has 2 aromatic rings. The lowest BCUT2D eigenvalue weighted by atomic mass is 10.1. The quantitative estimate of drug-likeness (QED) is 0.627. The molecule has 0 aromatic heterocycles. The first kappa shape index (κ1) is 10.7. The van der Waals surface area contributed by atoms with Gasteiger partial charge >= 0.3 is 0 Å². The van der Waals surface area contributed by atoms with Gasteiger partial charge in [0.1, 0.15) is 19.7 Å². The van der Waals surface area contributed by atoms with Crippen LogP contribution < -0.4 is 10.4 Å². The Bertz CT molecular complexity index is 618. The molecule has 0 saturated heterocycles. The average molecular weight is 246 g/mol. The molecular formula is C14H12F2Si. The van der Waals surface area contributed by atoms with Gasteiger partial charge in [-0.2, -0.15) is 0 Å². The zero-order valence-electron chi connectivity index (χ0n) is 9.72. The smallest absolute Gasteiger partial charge is 0.130 e. The Morgan fingerprint density at radius 3 is 2.47 bits per heavy atom. The van der Waals surface area contributed by atoms with Gasteiger partial charge in [-0.1, -0.05) is 31.3 Å². The first-order valence-electron chi connectivity index (χ1n) is 5.61. The Morgan fingerprint density at radius 2 is 1.71 bits per heavy atom. The van der Waals surface area contributed by atoms with Crippen LogP contribution >= 0.6 is 0 Å². The van der Waals surface area contributed by atoms with Crippen molar-refractivity contribution in [3.63, 3.8) is 0 Å². The maximum absolute atomic E-state index is 13.9. The molecule has 3 heteroatoms. The molecule has 0 atom stereocenters. The van der Waals surface area contributed by atoms with Crippen molar-refractivity contribution in [2.45, 2.75) is 13.1 Å². The highest BCUT2D eigenvalue weighted by Gasteiger charge is 2.38. The van der Waals surface area contributed by atoms with Crippen molar-refractivity contribution >= 4 is 18.4 Å². The van der Waals surface area contributed by atoms with Gasteiger partial charge in [0.05, 0.1) is 0 Å². The van der Waals surface area contributed by atoms with E-state index in [0.717, 1.165) is 15.9 Å². The predicted octanol–water partition coefficient (Wildman–Crippen LogP) is 2.77. The van der Waals surface area contributed by atoms with Crippen molar-refractivity contribution in [3.8, 4) is 11.1 Å². The molecule has 2 aromatic carbocycles. The van der Waals surface area contributed by atoms with E-state index in [0.29, 0.717) is 5.56 Å². The van der Waals surface area contributed by atoms with E-state index in [1.807, 2.05) is 6.07 Å². The molecule has 17 heavy (non-hydrogen) atoms. The predicted molar refractivity (Wildman–Crippen MR) is 68.5 cm³/mol. The Kier molecular flexibility index (Phi) is 2.04. The van der Waals surface area contributed by atoms with Crippen LogP contribution in [0.4, 0.5) is 8.78 Å². The van der Waals surface area contributed by atoms with Crippen LogP contribution in [0, 0.1) is 11.6 Å². The minimum Gasteiger partial charge on any atom is -0.207 e. The Morgan fingerprint density at radius 1 is 0.941 bits per heavy atom. The summed E-state index contributed by atoms with van der Waals surface area (Å²) in [6, 6.07) is 9.87. The lowest BCUT2D eigenvalue weighted by Crippen LogP contribution is -2.49. The van der Waals surface area contributed by atoms with Gasteiger partial charge in [0.2, 0.25) is 0 Å². The van der Waals surface area contributed by atoms with Gasteiger partial charge < -0.3 is 0 Å². The second-order valence-electron chi connectivity index (χ2n) is 4.98. The molecule has 0 unspecified atom stereocenters. The summed E-state index contributed by atoms with van der Waals surface area (Å²) in [7, 11) is -1.92. The molecule has 0 N–H and O–H groups in total. The Balaban J connectivity index is 2.43. The van der Waals surface area contributed by atoms with E-state index in [-0.39, 0.29) is 11.6 Å². The van der Waals surface area contributed by atoms with Gasteiger partial charge in [0.15, 0.2) is 0 Å². The molecule has 0 fully saturated rings. The van der Waals surface area contributed by atoms with Crippen molar-refractivity contribution in [3.05, 3.63) is 48.0 Å². The summed E-state index contributed by atoms with van der Waals surface area (Å²) in [6.45, 7) is 4.27. The second kappa shape index (κ2) is 3.26. The molecule has 0 spiro atoms. The van der Waals surface area contributed by atoms with Crippen LogP contribution in [0.2, 0.25) is 13.1 Å². The molecule has 0 bridgehead atoms. The van der Waals surface area contributed by atoms with Crippen LogP contribution in [-0.4, -0.2) is 8.07 Å². The summed E-state index contributed by atoms with van der Waals surface area (Å²) in [5, 5.41) is 2.07. The minimum atomic E-state index is -1.92. The fourth-order valence-electron chi connectivity index (χ4n) is 2.72. The first-order valence-corrected chi connectivity index (χ1v) is 8.61. The van der Waals surface area contributed by atoms with Gasteiger partial charge in [-0.15, -0.1) is 0 Å². The summed E-state index contributed by atoms with van der Waals surface area (Å²) >= 11 is 0. The summed E-state index contributed by atoms with van der Waals surface area (Å²) in [5.41, 5.74) is 1.55. The maximum Gasteiger partial charge on any atom is 0.130 e. The van der Waals surface area contributed by atoms with Gasteiger partial charge in [0.25, 0.3) is 0 Å². The molecule has 0 saturated carbocycles. The van der Waals surface area contributed by atoms with Gasteiger partial charge in [0, 0.05) is 5.56 Å². The number of benzene rings is 2. The Labute approximate surface area is 99.9 Å². The van der Waals surface area contributed by atoms with Crippen LogP contribution in [0.3, 0.4) is 0 Å². The standard InChI is InChI=1S/C14H12F2Si/c1-17(2)12-5-3-4-11(16)14(12)10-7-6-9(15)8-13(10)17/h3-8H,1-2H3. The highest BCUT2D eigenvalue weighted by Crippen LogP contribution is 2.30. The lowest BCUT2D eigenvalue weighted by Gasteiger charge is -2.18. The fourth-order valence-corrected chi connectivity index (χ4v) is 5.78. The monoisotopic (exact) mass is 246 g/mol. The van der Waals surface area contributed by atoms with Crippen LogP contribution in [0.25, 0.3) is 11.1 Å². The van der Waals surface area contributed by atoms with Gasteiger partial charge in [-0.05, 0) is 34.1 Å². The zero-order valence-corrected chi connectivity index (χ0v) is 10.7. The van der Waals surface area contributed by atoms with E-state index >= 15 is 0 Å². The molecule has 1 aliphatic rings. The Hall–Kier alpha value is -1.48. The SMILES string of the molecule is C[Si]1(C)c2cc(F)ccc2-c2c(F)cccc21. The molecule has 86 valence electrons. The summed E-state index contributed by atoms with van der Waals surface area (Å²) < 4.78 is 27.3. The third-order valence-corrected chi connectivity index (χ3v) is 7.13. The van der Waals surface area contributed by atoms with Crippen LogP contribution in [0.1, 0.15) is 0 Å². The molecule has 1 aliphatic heterocycles. The molecule has 3 rings (SSSR count). The van der Waals surface area contributed by atoms with Crippen molar-refractivity contribution in [2.24, 2.45) is 0 Å². The average Bonchev–Trinajstić information content (AvgIpc) is 2.50. The molecule has 1 heterocycles. The molecule has 0 nitrogen and oxygen atoms in total. The van der Waals surface area contributed by atoms with E-state index < -0.39 is 8.07 Å². The van der Waals surface area contributed by atoms with Crippen molar-refractivity contribution in [2.75, 3.05) is 0 Å². The molecular weight excluding hydrogens is 234 g/mol. The van der Waals surface area contributed by atoms with Crippen LogP contribution in [-0.2, 0) is 0 Å². The van der Waals surface area contributed by atoms with Crippen molar-refractivity contribution < 1.29 is 8.78 Å². The van der Waals surface area contributed by atoms with Crippen LogP contribution in [0.5, 0.6) is 0 Å². The van der Waals surface area contributed by atoms with E-state index in [9.17, 15) is 8.78 Å². The summed E-state index contributed by atoms with van der Waals surface area (Å²) in [5.74, 6) is -0.439. The largest absolute Gasteiger partial charge is 0.207 e. The third-order valence-electron chi connectivity index (χ3n) is 3.61. The highest BCUT2D eigenvalue weighted by atomic mass is 28.3. The molecule has 0 aliphatic carbocycles. The number of rotatable bonds is 0. The van der Waals surface area contributed by atoms with E-state index in [4.69, 9.17) is 0 Å². The molecule has 0 amide bonds. The van der Waals surface area contributed by atoms with E-state index in [2.05, 4.69) is 13.1 Å². The first-order chi connectivity index (χ1) is 8.01. The normalized spacial score (nSPS) is 15.5. The minimum absolute atomic E-state index is 0.201. The second-order valence-corrected chi connectivity index (χ2v) is 9.30. The van der Waals surface area contributed by atoms with E-state index in [1.54, 1.807) is 18.2 Å². The molecule has 0 radical (unpaired) electrons. The maximum atomic E-state index is 13.9. The summed E-state index contributed by atoms with van der Waals surface area (Å²) in [4.78, 5) is 0. The highest BCUT2D eigenvalue weighted by molar-refractivity contribution is 7.03. The third kappa shape index (κ3) is 1.32. The fraction of sp³-hybridized carbons (Fsp3) is 0.143. The summed E-state index contributed by atoms with van der Waals surface area (Å²) in [6.07, 6.45) is 0. The number of fused-ring (bicyclic) bond motifs is 3. The number of hydrogen-bond acceptors (Lipinski definition) is 0. The van der Waals surface area contributed by atoms with Gasteiger partial charge in [-0.3, -0.25) is 0 Å². The lowest BCUT2D eigenvalue weighted by molar-refractivity contribution is 0.627. The van der Waals surface area contributed by atoms with Crippen LogP contribution in [0.15, 0.2) is 36.4 Å². The van der Waals surface area contributed by atoms with Crippen molar-refractivity contribution in [1.82, 2.24) is 0 Å².